The van der Waals surface area contributed by atoms with Gasteiger partial charge in [0, 0.05) is 11.9 Å². The highest BCUT2D eigenvalue weighted by molar-refractivity contribution is 9.09. The minimum Gasteiger partial charge on any atom is -0.364 e. The molecular weight excluding hydrogens is 166 g/mol. The maximum absolute atomic E-state index is 3.43. The second-order valence-corrected chi connectivity index (χ2v) is 3.11. The third-order valence-corrected chi connectivity index (χ3v) is 1.54. The summed E-state index contributed by atoms with van der Waals surface area (Å²) in [4.78, 5) is 3.53. The molecule has 1 atom stereocenters. The summed E-state index contributed by atoms with van der Waals surface area (Å²) in [7, 11) is 0. The van der Waals surface area contributed by atoms with Crippen LogP contribution in [-0.4, -0.2) is 4.98 Å². The topological polar surface area (TPSA) is 15.8 Å². The standard InChI is InChI=1S/C6H8BrN/c1-5(7)6-3-2-4-8-6/h2-5,8H,1H3. The van der Waals surface area contributed by atoms with Crippen LogP contribution in [-0.2, 0) is 0 Å². The molecule has 1 heterocycles. The van der Waals surface area contributed by atoms with E-state index in [0.717, 1.165) is 0 Å². The van der Waals surface area contributed by atoms with Crippen molar-refractivity contribution in [3.63, 3.8) is 0 Å². The quantitative estimate of drug-likeness (QED) is 0.629. The molecule has 0 saturated carbocycles. The SMILES string of the molecule is CC(Br)c1ccc[nH]1. The van der Waals surface area contributed by atoms with Crippen molar-refractivity contribution in [3.05, 3.63) is 24.0 Å². The minimum atomic E-state index is 0.442. The van der Waals surface area contributed by atoms with Gasteiger partial charge in [-0.2, -0.15) is 0 Å². The summed E-state index contributed by atoms with van der Waals surface area (Å²) >= 11 is 3.43. The van der Waals surface area contributed by atoms with Gasteiger partial charge in [0.15, 0.2) is 0 Å². The zero-order valence-corrected chi connectivity index (χ0v) is 6.27. The molecule has 0 radical (unpaired) electrons. The average Bonchev–Trinajstić information content (AvgIpc) is 2.12. The maximum atomic E-state index is 3.43. The summed E-state index contributed by atoms with van der Waals surface area (Å²) in [5, 5.41) is 0. The number of rotatable bonds is 1. The van der Waals surface area contributed by atoms with Crippen molar-refractivity contribution in [2.24, 2.45) is 0 Å². The van der Waals surface area contributed by atoms with Gasteiger partial charge in [0.2, 0.25) is 0 Å². The maximum Gasteiger partial charge on any atom is 0.0517 e. The van der Waals surface area contributed by atoms with Gasteiger partial charge in [-0.15, -0.1) is 0 Å². The van der Waals surface area contributed by atoms with Crippen LogP contribution in [0.3, 0.4) is 0 Å². The Morgan fingerprint density at radius 2 is 2.50 bits per heavy atom. The molecule has 0 saturated heterocycles. The number of aromatic nitrogens is 1. The number of alkyl halides is 1. The monoisotopic (exact) mass is 173 g/mol. The van der Waals surface area contributed by atoms with Gasteiger partial charge in [-0.3, -0.25) is 0 Å². The van der Waals surface area contributed by atoms with Crippen LogP contribution in [0.25, 0.3) is 0 Å². The van der Waals surface area contributed by atoms with E-state index >= 15 is 0 Å². The van der Waals surface area contributed by atoms with E-state index < -0.39 is 0 Å². The van der Waals surface area contributed by atoms with Crippen LogP contribution >= 0.6 is 15.9 Å². The molecule has 0 spiro atoms. The Kier molecular flexibility index (Phi) is 1.73. The molecule has 1 unspecified atom stereocenters. The molecule has 0 aromatic carbocycles. The average molecular weight is 174 g/mol. The van der Waals surface area contributed by atoms with Crippen LogP contribution in [0.1, 0.15) is 17.4 Å². The van der Waals surface area contributed by atoms with Gasteiger partial charge in [0.1, 0.15) is 0 Å². The summed E-state index contributed by atoms with van der Waals surface area (Å²) in [6.07, 6.45) is 1.92. The Labute approximate surface area is 57.2 Å². The van der Waals surface area contributed by atoms with Gasteiger partial charge in [0.05, 0.1) is 4.83 Å². The lowest BCUT2D eigenvalue weighted by atomic mass is 10.3. The van der Waals surface area contributed by atoms with Gasteiger partial charge in [-0.1, -0.05) is 15.9 Å². The van der Waals surface area contributed by atoms with E-state index in [0.29, 0.717) is 4.83 Å². The molecule has 0 bridgehead atoms. The predicted molar refractivity (Wildman–Crippen MR) is 38.1 cm³/mol. The fourth-order valence-electron chi connectivity index (χ4n) is 0.592. The lowest BCUT2D eigenvalue weighted by molar-refractivity contribution is 1.05. The Balaban J connectivity index is 2.77. The number of aromatic amines is 1. The first-order valence-corrected chi connectivity index (χ1v) is 3.49. The summed E-state index contributed by atoms with van der Waals surface area (Å²) in [5.41, 5.74) is 1.23. The van der Waals surface area contributed by atoms with Gasteiger partial charge in [-0.25, -0.2) is 0 Å². The highest BCUT2D eigenvalue weighted by Crippen LogP contribution is 2.18. The van der Waals surface area contributed by atoms with Crippen LogP contribution in [0.15, 0.2) is 18.3 Å². The highest BCUT2D eigenvalue weighted by Gasteiger charge is 1.96. The Morgan fingerprint density at radius 1 is 1.75 bits per heavy atom. The highest BCUT2D eigenvalue weighted by atomic mass is 79.9. The van der Waals surface area contributed by atoms with E-state index in [9.17, 15) is 0 Å². The van der Waals surface area contributed by atoms with Crippen LogP contribution < -0.4 is 0 Å². The van der Waals surface area contributed by atoms with E-state index in [1.54, 1.807) is 0 Å². The van der Waals surface area contributed by atoms with Crippen molar-refractivity contribution < 1.29 is 0 Å². The second kappa shape index (κ2) is 2.35. The predicted octanol–water partition coefficient (Wildman–Crippen LogP) is 2.47. The van der Waals surface area contributed by atoms with E-state index in [1.165, 1.54) is 5.69 Å². The number of halogens is 1. The number of H-pyrrole nitrogens is 1. The van der Waals surface area contributed by atoms with Crippen LogP contribution in [0.5, 0.6) is 0 Å². The molecule has 1 aromatic heterocycles. The fraction of sp³-hybridized carbons (Fsp3) is 0.333. The lowest BCUT2D eigenvalue weighted by Crippen LogP contribution is -1.79. The van der Waals surface area contributed by atoms with Crippen molar-refractivity contribution in [3.8, 4) is 0 Å². The van der Waals surface area contributed by atoms with Crippen molar-refractivity contribution in [1.29, 1.82) is 0 Å². The molecule has 2 heteroatoms. The number of hydrogen-bond acceptors (Lipinski definition) is 0. The second-order valence-electron chi connectivity index (χ2n) is 1.74. The largest absolute Gasteiger partial charge is 0.364 e. The van der Waals surface area contributed by atoms with E-state index in [-0.39, 0.29) is 0 Å². The summed E-state index contributed by atoms with van der Waals surface area (Å²) in [6, 6.07) is 4.05. The van der Waals surface area contributed by atoms with E-state index in [1.807, 2.05) is 12.3 Å². The van der Waals surface area contributed by atoms with Gasteiger partial charge >= 0.3 is 0 Å². The molecule has 8 heavy (non-hydrogen) atoms. The summed E-state index contributed by atoms with van der Waals surface area (Å²) in [6.45, 7) is 2.09. The lowest BCUT2D eigenvalue weighted by Gasteiger charge is -1.94. The molecule has 0 aliphatic heterocycles. The number of hydrogen-bond donors (Lipinski definition) is 1. The molecule has 1 aromatic rings. The van der Waals surface area contributed by atoms with Gasteiger partial charge in [0.25, 0.3) is 0 Å². The smallest absolute Gasteiger partial charge is 0.0517 e. The summed E-state index contributed by atoms with van der Waals surface area (Å²) < 4.78 is 0. The van der Waals surface area contributed by atoms with Crippen LogP contribution in [0.2, 0.25) is 0 Å². The Hall–Kier alpha value is -0.240. The zero-order chi connectivity index (χ0) is 5.98. The molecule has 44 valence electrons. The van der Waals surface area contributed by atoms with E-state index in [4.69, 9.17) is 0 Å². The molecule has 0 aliphatic carbocycles. The van der Waals surface area contributed by atoms with Crippen molar-refractivity contribution >= 4 is 15.9 Å². The molecule has 1 rings (SSSR count). The Morgan fingerprint density at radius 3 is 2.75 bits per heavy atom. The van der Waals surface area contributed by atoms with Crippen molar-refractivity contribution in [2.75, 3.05) is 0 Å². The molecule has 1 N–H and O–H groups in total. The van der Waals surface area contributed by atoms with Crippen molar-refractivity contribution in [1.82, 2.24) is 4.98 Å². The first kappa shape index (κ1) is 5.89. The Bertz CT molecular complexity index is 144. The van der Waals surface area contributed by atoms with Crippen LogP contribution in [0, 0.1) is 0 Å². The first-order chi connectivity index (χ1) is 3.80. The number of nitrogens with one attached hydrogen (secondary N) is 1. The molecule has 0 aliphatic rings. The first-order valence-electron chi connectivity index (χ1n) is 2.58. The molecule has 1 nitrogen and oxygen atoms in total. The van der Waals surface area contributed by atoms with E-state index in [2.05, 4.69) is 33.9 Å². The minimum absolute atomic E-state index is 0.442. The van der Waals surface area contributed by atoms with Crippen LogP contribution in [0.4, 0.5) is 0 Å². The molecular formula is C6H8BrN. The van der Waals surface area contributed by atoms with Crippen molar-refractivity contribution in [2.45, 2.75) is 11.8 Å². The normalized spacial score (nSPS) is 13.8. The van der Waals surface area contributed by atoms with Gasteiger partial charge in [-0.05, 0) is 19.1 Å². The zero-order valence-electron chi connectivity index (χ0n) is 4.69. The summed E-state index contributed by atoms with van der Waals surface area (Å²) in [5.74, 6) is 0. The third-order valence-electron chi connectivity index (χ3n) is 1.05. The molecule has 0 fully saturated rings. The third kappa shape index (κ3) is 1.13. The van der Waals surface area contributed by atoms with Gasteiger partial charge < -0.3 is 4.98 Å². The molecule has 0 amide bonds. The fourth-order valence-corrected chi connectivity index (χ4v) is 0.876.